The van der Waals surface area contributed by atoms with E-state index in [1.165, 1.54) is 22.3 Å². The second-order valence-electron chi connectivity index (χ2n) is 11.6. The van der Waals surface area contributed by atoms with Crippen LogP contribution in [0.4, 0.5) is 5.69 Å². The molecule has 0 bridgehead atoms. The van der Waals surface area contributed by atoms with Crippen molar-refractivity contribution in [3.8, 4) is 5.75 Å². The van der Waals surface area contributed by atoms with Crippen molar-refractivity contribution in [1.29, 1.82) is 0 Å². The fourth-order valence-electron chi connectivity index (χ4n) is 5.99. The van der Waals surface area contributed by atoms with E-state index in [0.717, 1.165) is 24.3 Å². The zero-order valence-corrected chi connectivity index (χ0v) is 21.9. The molecule has 0 radical (unpaired) electrons. The van der Waals surface area contributed by atoms with Crippen LogP contribution >= 0.6 is 0 Å². The van der Waals surface area contributed by atoms with Crippen molar-refractivity contribution in [2.75, 3.05) is 11.9 Å². The highest BCUT2D eigenvalue weighted by Crippen LogP contribution is 2.53. The molecule has 188 valence electrons. The molecule has 2 aliphatic rings. The molecule has 1 N–H and O–H groups in total. The first-order chi connectivity index (χ1) is 17.9. The third-order valence-corrected chi connectivity index (χ3v) is 8.00. The molecule has 2 unspecified atom stereocenters. The van der Waals surface area contributed by atoms with Gasteiger partial charge in [-0.1, -0.05) is 112 Å². The lowest BCUT2D eigenvalue weighted by atomic mass is 9.71. The Hall–Kier alpha value is -3.56. The van der Waals surface area contributed by atoms with Gasteiger partial charge in [0.1, 0.15) is 5.75 Å². The molecule has 0 amide bonds. The summed E-state index contributed by atoms with van der Waals surface area (Å²) in [5.74, 6) is 0.178. The summed E-state index contributed by atoms with van der Waals surface area (Å²) < 4.78 is 13.5. The van der Waals surface area contributed by atoms with Gasteiger partial charge < -0.3 is 14.8 Å². The molecular formula is C34H35NO2. The number of fused-ring (bicyclic) bond motifs is 1. The van der Waals surface area contributed by atoms with Crippen LogP contribution in [0.1, 0.15) is 61.9 Å². The van der Waals surface area contributed by atoms with Gasteiger partial charge in [-0.25, -0.2) is 0 Å². The lowest BCUT2D eigenvalue weighted by molar-refractivity contribution is -0.164. The minimum absolute atomic E-state index is 0.0767. The molecule has 37 heavy (non-hydrogen) atoms. The Kier molecular flexibility index (Phi) is 5.84. The smallest absolute Gasteiger partial charge is 0.214 e. The summed E-state index contributed by atoms with van der Waals surface area (Å²) >= 11 is 0. The molecule has 1 fully saturated rings. The van der Waals surface area contributed by atoms with Crippen molar-refractivity contribution >= 4 is 5.69 Å². The van der Waals surface area contributed by atoms with Crippen LogP contribution in [0.25, 0.3) is 0 Å². The van der Waals surface area contributed by atoms with Crippen LogP contribution in [0.3, 0.4) is 0 Å². The minimum atomic E-state index is -0.719. The van der Waals surface area contributed by atoms with Crippen LogP contribution in [-0.4, -0.2) is 12.4 Å². The molecule has 0 aromatic heterocycles. The lowest BCUT2D eigenvalue weighted by Crippen LogP contribution is -2.43. The highest BCUT2D eigenvalue weighted by atomic mass is 16.7. The molecule has 6 rings (SSSR count). The molecule has 1 spiro atoms. The van der Waals surface area contributed by atoms with E-state index in [1.807, 2.05) is 6.07 Å². The van der Waals surface area contributed by atoms with Crippen molar-refractivity contribution in [3.63, 3.8) is 0 Å². The van der Waals surface area contributed by atoms with E-state index < -0.39 is 5.79 Å². The third kappa shape index (κ3) is 4.42. The third-order valence-electron chi connectivity index (χ3n) is 8.00. The van der Waals surface area contributed by atoms with Crippen molar-refractivity contribution in [3.05, 3.63) is 131 Å². The lowest BCUT2D eigenvalue weighted by Gasteiger charge is -2.40. The van der Waals surface area contributed by atoms with Crippen molar-refractivity contribution < 1.29 is 9.47 Å². The highest BCUT2D eigenvalue weighted by molar-refractivity contribution is 5.51. The van der Waals surface area contributed by atoms with E-state index in [1.54, 1.807) is 0 Å². The van der Waals surface area contributed by atoms with Crippen LogP contribution < -0.4 is 10.1 Å². The van der Waals surface area contributed by atoms with Gasteiger partial charge in [-0.2, -0.15) is 0 Å². The number of rotatable bonds is 4. The molecule has 1 saturated heterocycles. The molecule has 0 saturated carbocycles. The van der Waals surface area contributed by atoms with E-state index in [-0.39, 0.29) is 16.9 Å². The maximum atomic E-state index is 6.75. The van der Waals surface area contributed by atoms with Gasteiger partial charge >= 0.3 is 0 Å². The normalized spacial score (nSPS) is 22.3. The topological polar surface area (TPSA) is 30.5 Å². The number of anilines is 1. The monoisotopic (exact) mass is 489 g/mol. The summed E-state index contributed by atoms with van der Waals surface area (Å²) in [4.78, 5) is 0. The number of hydrogen-bond donors (Lipinski definition) is 1. The van der Waals surface area contributed by atoms with Crippen LogP contribution in [-0.2, 0) is 15.6 Å². The Bertz CT molecular complexity index is 1320. The summed E-state index contributed by atoms with van der Waals surface area (Å²) in [6.07, 6.45) is 1.48. The Morgan fingerprint density at radius 1 is 0.730 bits per heavy atom. The first-order valence-corrected chi connectivity index (χ1v) is 13.3. The quantitative estimate of drug-likeness (QED) is 0.315. The second-order valence-corrected chi connectivity index (χ2v) is 11.6. The Labute approximate surface area is 220 Å². The average molecular weight is 490 g/mol. The predicted octanol–water partition coefficient (Wildman–Crippen LogP) is 8.02. The highest BCUT2D eigenvalue weighted by Gasteiger charge is 2.55. The molecule has 4 aromatic rings. The van der Waals surface area contributed by atoms with E-state index in [4.69, 9.17) is 9.47 Å². The van der Waals surface area contributed by atoms with Crippen LogP contribution in [0.5, 0.6) is 5.75 Å². The number of hydrogen-bond acceptors (Lipinski definition) is 3. The molecule has 2 atom stereocenters. The molecule has 0 aliphatic carbocycles. The Morgan fingerprint density at radius 3 is 1.95 bits per heavy atom. The number of ether oxygens (including phenoxy) is 2. The molecule has 3 heteroatoms. The van der Waals surface area contributed by atoms with Crippen LogP contribution in [0.15, 0.2) is 109 Å². The largest absolute Gasteiger partial charge is 0.462 e. The first-order valence-electron chi connectivity index (χ1n) is 13.3. The molecular weight excluding hydrogens is 454 g/mol. The maximum Gasteiger partial charge on any atom is 0.214 e. The summed E-state index contributed by atoms with van der Waals surface area (Å²) in [5, 5.41) is 3.81. The zero-order valence-electron chi connectivity index (χ0n) is 21.9. The van der Waals surface area contributed by atoms with Crippen LogP contribution in [0.2, 0.25) is 0 Å². The summed E-state index contributed by atoms with van der Waals surface area (Å²) in [7, 11) is 0. The standard InChI is InChI=1S/C34H35NO2/c1-32(2,3)25-18-20-28(21-19-25)35-30-22-34(37-31-17-11-10-16-29(30)31)23-33(24-36-34,26-12-6-4-7-13-26)27-14-8-5-9-15-27/h4-21,30,35H,22-24H2,1-3H3. The SMILES string of the molecule is CC(C)(C)c1ccc(NC2CC3(CC(c4ccccc4)(c4ccccc4)CO3)Oc3ccccc32)cc1. The van der Waals surface area contributed by atoms with Gasteiger partial charge in [0.25, 0.3) is 0 Å². The van der Waals surface area contributed by atoms with Gasteiger partial charge in [0.2, 0.25) is 5.79 Å². The van der Waals surface area contributed by atoms with E-state index in [0.29, 0.717) is 6.61 Å². The fourth-order valence-corrected chi connectivity index (χ4v) is 5.99. The summed E-state index contributed by atoms with van der Waals surface area (Å²) in [5.41, 5.74) is 6.01. The average Bonchev–Trinajstić information content (AvgIpc) is 3.29. The minimum Gasteiger partial charge on any atom is -0.462 e. The predicted molar refractivity (Wildman–Crippen MR) is 150 cm³/mol. The number of benzene rings is 4. The zero-order chi connectivity index (χ0) is 25.5. The molecule has 3 nitrogen and oxygen atoms in total. The summed E-state index contributed by atoms with van der Waals surface area (Å²) in [6.45, 7) is 7.32. The first kappa shape index (κ1) is 23.8. The second kappa shape index (κ2) is 9.08. The maximum absolute atomic E-state index is 6.75. The van der Waals surface area contributed by atoms with Gasteiger partial charge in [0, 0.05) is 29.5 Å². The number of para-hydroxylation sites is 1. The van der Waals surface area contributed by atoms with E-state index in [2.05, 4.69) is 129 Å². The van der Waals surface area contributed by atoms with Gasteiger partial charge in [0.05, 0.1) is 12.6 Å². The molecule has 4 aromatic carbocycles. The van der Waals surface area contributed by atoms with Crippen molar-refractivity contribution in [1.82, 2.24) is 0 Å². The van der Waals surface area contributed by atoms with Gasteiger partial charge in [0.15, 0.2) is 0 Å². The summed E-state index contributed by atoms with van der Waals surface area (Å²) in [6, 6.07) is 38.8. The molecule has 2 aliphatic heterocycles. The van der Waals surface area contributed by atoms with Gasteiger partial charge in [-0.15, -0.1) is 0 Å². The number of nitrogens with one attached hydrogen (secondary N) is 1. The van der Waals surface area contributed by atoms with Crippen molar-refractivity contribution in [2.24, 2.45) is 0 Å². The van der Waals surface area contributed by atoms with Gasteiger partial charge in [-0.05, 0) is 40.3 Å². The van der Waals surface area contributed by atoms with E-state index >= 15 is 0 Å². The van der Waals surface area contributed by atoms with Crippen LogP contribution in [0, 0.1) is 0 Å². The molecule has 2 heterocycles. The Balaban J connectivity index is 1.36. The fraction of sp³-hybridized carbons (Fsp3) is 0.294. The Morgan fingerprint density at radius 2 is 1.32 bits per heavy atom. The van der Waals surface area contributed by atoms with Gasteiger partial charge in [-0.3, -0.25) is 0 Å². The van der Waals surface area contributed by atoms with E-state index in [9.17, 15) is 0 Å². The van der Waals surface area contributed by atoms with Crippen molar-refractivity contribution in [2.45, 2.75) is 56.3 Å².